The van der Waals surface area contributed by atoms with Gasteiger partial charge in [-0.3, -0.25) is 9.59 Å². The second kappa shape index (κ2) is 10.0. The topological polar surface area (TPSA) is 119 Å². The first-order chi connectivity index (χ1) is 21.0. The molecule has 1 saturated heterocycles. The number of hydrogen-bond donors (Lipinski definition) is 2. The minimum Gasteiger partial charge on any atom is -0.506 e. The lowest BCUT2D eigenvalue weighted by molar-refractivity contribution is -0.171. The molecule has 0 unspecified atom stereocenters. The number of allylic oxidation sites excluding steroid dienone is 4. The van der Waals surface area contributed by atoms with E-state index in [1.54, 1.807) is 6.08 Å². The van der Waals surface area contributed by atoms with Crippen LogP contribution in [0.2, 0.25) is 0 Å². The highest BCUT2D eigenvalue weighted by Crippen LogP contribution is 2.68. The van der Waals surface area contributed by atoms with Gasteiger partial charge in [-0.1, -0.05) is 35.5 Å². The van der Waals surface area contributed by atoms with Crippen LogP contribution in [0.15, 0.2) is 52.7 Å². The lowest BCUT2D eigenvalue weighted by atomic mass is 9.51. The molecule has 1 aromatic carbocycles. The smallest absolute Gasteiger partial charge is 0.330 e. The third-order valence-electron chi connectivity index (χ3n) is 10.2. The first-order valence-electron chi connectivity index (χ1n) is 15.7. The molecule has 1 spiro atoms. The van der Waals surface area contributed by atoms with Crippen molar-refractivity contribution in [2.45, 2.75) is 103 Å². The van der Waals surface area contributed by atoms with Crippen molar-refractivity contribution in [3.05, 3.63) is 69.4 Å². The van der Waals surface area contributed by atoms with Crippen molar-refractivity contribution in [2.75, 3.05) is 0 Å². The maximum Gasteiger partial charge on any atom is 0.330 e. The molecule has 45 heavy (non-hydrogen) atoms. The lowest BCUT2D eigenvalue weighted by Crippen LogP contribution is -2.72. The van der Waals surface area contributed by atoms with Crippen molar-refractivity contribution in [3.8, 4) is 17.2 Å². The van der Waals surface area contributed by atoms with E-state index in [1.807, 2.05) is 66.7 Å². The number of carboxylic acids is 1. The number of fused-ring (bicyclic) bond motifs is 2. The Balaban J connectivity index is 1.62. The van der Waals surface area contributed by atoms with E-state index in [0.717, 1.165) is 11.1 Å². The number of aromatic hydroxyl groups is 1. The summed E-state index contributed by atoms with van der Waals surface area (Å²) in [6.45, 7) is 15.2. The third-order valence-corrected chi connectivity index (χ3v) is 10.2. The largest absolute Gasteiger partial charge is 0.506 e. The summed E-state index contributed by atoms with van der Waals surface area (Å²) in [5.41, 5.74) is -1.09. The summed E-state index contributed by atoms with van der Waals surface area (Å²) in [7, 11) is 0. The monoisotopic (exact) mass is 614 g/mol. The predicted octanol–water partition coefficient (Wildman–Crippen LogP) is 6.85. The molecule has 6 aliphatic rings. The fourth-order valence-corrected chi connectivity index (χ4v) is 7.91. The molecule has 3 aliphatic carbocycles. The van der Waals surface area contributed by atoms with E-state index >= 15 is 0 Å². The normalized spacial score (nSPS) is 31.6. The van der Waals surface area contributed by atoms with E-state index in [4.69, 9.17) is 14.2 Å². The third kappa shape index (κ3) is 4.32. The minimum absolute atomic E-state index is 0.0496. The summed E-state index contributed by atoms with van der Waals surface area (Å²) in [5.74, 6) is -2.31. The van der Waals surface area contributed by atoms with Crippen LogP contribution in [0.4, 0.5) is 0 Å². The van der Waals surface area contributed by atoms with Gasteiger partial charge in [-0.15, -0.1) is 0 Å². The van der Waals surface area contributed by atoms with Gasteiger partial charge in [-0.2, -0.15) is 0 Å². The van der Waals surface area contributed by atoms with Crippen molar-refractivity contribution in [3.63, 3.8) is 0 Å². The number of ketones is 2. The maximum absolute atomic E-state index is 14.7. The molecule has 4 bridgehead atoms. The number of aliphatic carboxylic acids is 1. The number of rotatable bonds is 7. The Kier molecular flexibility index (Phi) is 6.94. The van der Waals surface area contributed by atoms with Crippen LogP contribution in [0.5, 0.6) is 17.2 Å². The minimum atomic E-state index is -1.63. The molecule has 2 fully saturated rings. The van der Waals surface area contributed by atoms with Crippen molar-refractivity contribution in [1.82, 2.24) is 0 Å². The van der Waals surface area contributed by atoms with Crippen LogP contribution in [0.1, 0.15) is 96.1 Å². The lowest BCUT2D eigenvalue weighted by Gasteiger charge is -2.56. The van der Waals surface area contributed by atoms with Gasteiger partial charge in [0.2, 0.25) is 0 Å². The van der Waals surface area contributed by atoms with Crippen LogP contribution in [-0.2, 0) is 20.7 Å². The number of phenolic OH excluding ortho intramolecular Hbond substituents is 1. The molecule has 3 aliphatic heterocycles. The Labute approximate surface area is 264 Å². The first kappa shape index (κ1) is 31.1. The van der Waals surface area contributed by atoms with E-state index in [9.17, 15) is 24.6 Å². The highest BCUT2D eigenvalue weighted by molar-refractivity contribution is 6.19. The van der Waals surface area contributed by atoms with Gasteiger partial charge < -0.3 is 24.4 Å². The molecule has 8 nitrogen and oxygen atoms in total. The SMILES string of the molecule is CC(C)=CCc1c2c(c(O)c3c1O[C@]14C(=C[C@@H]5C[C@H]1C(C)(C)O[C@@]4(C/C=C(\C)C(=O)O)C5=O)C3=O)C=C[C@@](C)(CC=C(C)C)O2. The molecule has 1 aromatic rings. The fourth-order valence-electron chi connectivity index (χ4n) is 7.91. The number of carbonyl (C=O) groups excluding carboxylic acids is 2. The summed E-state index contributed by atoms with van der Waals surface area (Å²) in [6.07, 6.45) is 12.3. The molecule has 0 radical (unpaired) electrons. The van der Waals surface area contributed by atoms with E-state index < -0.39 is 40.1 Å². The highest BCUT2D eigenvalue weighted by Gasteiger charge is 2.81. The second-order valence-electron chi connectivity index (χ2n) is 14.4. The van der Waals surface area contributed by atoms with Gasteiger partial charge >= 0.3 is 5.97 Å². The van der Waals surface area contributed by atoms with E-state index in [2.05, 4.69) is 6.08 Å². The van der Waals surface area contributed by atoms with E-state index in [0.29, 0.717) is 41.7 Å². The number of Topliss-reactive ketones (excluding diaryl/α,β-unsaturated/α-hetero) is 2. The highest BCUT2D eigenvalue weighted by atomic mass is 16.6. The molecule has 238 valence electrons. The molecule has 7 rings (SSSR count). The van der Waals surface area contributed by atoms with Crippen molar-refractivity contribution < 1.29 is 38.8 Å². The molecular weight excluding hydrogens is 572 g/mol. The summed E-state index contributed by atoms with van der Waals surface area (Å²) in [4.78, 5) is 40.7. The standard InChI is InChI=1S/C37H42O8/c1-19(2)9-10-24-30-23(13-15-35(8,43-30)14-11-20(3)4)28(38)27-29(39)25-17-22-18-26-34(6,7)45-36(32(22)40,16-12-21(5)33(41)42)37(25,26)44-31(24)27/h9,11-13,15,17,22,26,38H,10,14,16,18H2,1-8H3,(H,41,42)/b21-12+/t22-,26+,35-,36+,37-/m1/s1. The van der Waals surface area contributed by atoms with Crippen molar-refractivity contribution >= 4 is 23.6 Å². The molecule has 0 aromatic heterocycles. The van der Waals surface area contributed by atoms with Crippen LogP contribution in [0.25, 0.3) is 6.08 Å². The van der Waals surface area contributed by atoms with Crippen molar-refractivity contribution in [2.24, 2.45) is 11.8 Å². The average molecular weight is 615 g/mol. The second-order valence-corrected chi connectivity index (χ2v) is 14.4. The number of carbonyl (C=O) groups is 3. The summed E-state index contributed by atoms with van der Waals surface area (Å²) < 4.78 is 20.5. The van der Waals surface area contributed by atoms with Crippen LogP contribution in [-0.4, -0.2) is 50.2 Å². The number of phenols is 1. The van der Waals surface area contributed by atoms with Crippen LogP contribution < -0.4 is 9.47 Å². The molecule has 8 heteroatoms. The summed E-state index contributed by atoms with van der Waals surface area (Å²) in [5, 5.41) is 21.4. The maximum atomic E-state index is 14.7. The zero-order valence-corrected chi connectivity index (χ0v) is 27.3. The zero-order chi connectivity index (χ0) is 32.9. The van der Waals surface area contributed by atoms with Gasteiger partial charge in [0.25, 0.3) is 0 Å². The van der Waals surface area contributed by atoms with Gasteiger partial charge in [0.15, 0.2) is 22.8 Å². The first-order valence-corrected chi connectivity index (χ1v) is 15.7. The van der Waals surface area contributed by atoms with E-state index in [1.165, 1.54) is 13.0 Å². The molecule has 3 heterocycles. The van der Waals surface area contributed by atoms with Gasteiger partial charge in [-0.25, -0.2) is 4.79 Å². The Bertz CT molecular complexity index is 1710. The average Bonchev–Trinajstić information content (AvgIpc) is 3.11. The molecule has 2 N–H and O–H groups in total. The van der Waals surface area contributed by atoms with Crippen LogP contribution in [0.3, 0.4) is 0 Å². The number of hydrogen-bond acceptors (Lipinski definition) is 7. The molecule has 0 amide bonds. The zero-order valence-electron chi connectivity index (χ0n) is 27.3. The van der Waals surface area contributed by atoms with Crippen LogP contribution >= 0.6 is 0 Å². The number of ether oxygens (including phenoxy) is 3. The van der Waals surface area contributed by atoms with Gasteiger partial charge in [0.1, 0.15) is 28.4 Å². The Hall–Kier alpha value is -3.91. The van der Waals surface area contributed by atoms with E-state index in [-0.39, 0.29) is 40.8 Å². The Morgan fingerprint density at radius 1 is 0.978 bits per heavy atom. The molecule has 1 saturated carbocycles. The van der Waals surface area contributed by atoms with Gasteiger partial charge in [0.05, 0.1) is 11.2 Å². The fraction of sp³-hybridized carbons (Fsp3) is 0.486. The quantitative estimate of drug-likeness (QED) is 0.253. The summed E-state index contributed by atoms with van der Waals surface area (Å²) >= 11 is 0. The molecular formula is C37H42O8. The Morgan fingerprint density at radius 2 is 1.67 bits per heavy atom. The molecule has 5 atom stereocenters. The number of carboxylic acid groups (broad SMARTS) is 1. The number of benzene rings is 1. The van der Waals surface area contributed by atoms with Crippen molar-refractivity contribution in [1.29, 1.82) is 0 Å². The summed E-state index contributed by atoms with van der Waals surface area (Å²) in [6, 6.07) is 0. The predicted molar refractivity (Wildman–Crippen MR) is 170 cm³/mol. The van der Waals surface area contributed by atoms with Crippen LogP contribution in [0, 0.1) is 11.8 Å². The Morgan fingerprint density at radius 3 is 2.31 bits per heavy atom. The van der Waals surface area contributed by atoms with Gasteiger partial charge in [-0.05, 0) is 80.4 Å². The van der Waals surface area contributed by atoms with Gasteiger partial charge in [0, 0.05) is 41.4 Å².